The van der Waals surface area contributed by atoms with Gasteiger partial charge in [-0.25, -0.2) is 0 Å². The quantitative estimate of drug-likeness (QED) is 0.793. The zero-order valence-electron chi connectivity index (χ0n) is 12.2. The lowest BCUT2D eigenvalue weighted by Crippen LogP contribution is -2.39. The van der Waals surface area contributed by atoms with Crippen molar-refractivity contribution in [2.24, 2.45) is 11.8 Å². The van der Waals surface area contributed by atoms with Crippen LogP contribution in [-0.4, -0.2) is 24.4 Å². The summed E-state index contributed by atoms with van der Waals surface area (Å²) in [7, 11) is 0. The maximum atomic E-state index is 12.1. The van der Waals surface area contributed by atoms with Gasteiger partial charge < -0.3 is 16.0 Å². The van der Waals surface area contributed by atoms with E-state index < -0.39 is 0 Å². The molecule has 3 N–H and O–H groups in total. The summed E-state index contributed by atoms with van der Waals surface area (Å²) in [5, 5.41) is 9.01. The van der Waals surface area contributed by atoms with E-state index in [-0.39, 0.29) is 23.8 Å². The zero-order valence-corrected chi connectivity index (χ0v) is 12.2. The smallest absolute Gasteiger partial charge is 0.241 e. The van der Waals surface area contributed by atoms with Crippen LogP contribution in [-0.2, 0) is 9.59 Å². The van der Waals surface area contributed by atoms with Gasteiger partial charge in [0.25, 0.3) is 0 Å². The molecule has 1 aromatic rings. The molecule has 5 nitrogen and oxygen atoms in total. The van der Waals surface area contributed by atoms with Gasteiger partial charge >= 0.3 is 0 Å². The molecule has 1 aliphatic heterocycles. The van der Waals surface area contributed by atoms with E-state index in [0.717, 1.165) is 37.2 Å². The van der Waals surface area contributed by atoms with Gasteiger partial charge in [-0.1, -0.05) is 6.92 Å². The number of rotatable bonds is 4. The van der Waals surface area contributed by atoms with Crippen molar-refractivity contribution >= 4 is 23.2 Å². The molecule has 0 radical (unpaired) electrons. The largest absolute Gasteiger partial charge is 0.326 e. The van der Waals surface area contributed by atoms with Crippen molar-refractivity contribution < 1.29 is 9.59 Å². The van der Waals surface area contributed by atoms with Crippen LogP contribution in [0.4, 0.5) is 11.4 Å². The topological polar surface area (TPSA) is 70.2 Å². The van der Waals surface area contributed by atoms with Gasteiger partial charge in [-0.15, -0.1) is 0 Å². The lowest BCUT2D eigenvalue weighted by Gasteiger charge is -2.15. The molecule has 1 heterocycles. The van der Waals surface area contributed by atoms with Crippen molar-refractivity contribution in [3.63, 3.8) is 0 Å². The third kappa shape index (κ3) is 3.42. The normalized spacial score (nSPS) is 24.6. The van der Waals surface area contributed by atoms with Gasteiger partial charge in [-0.2, -0.15) is 0 Å². The molecule has 0 spiro atoms. The average molecular weight is 287 g/mol. The second kappa shape index (κ2) is 5.85. The minimum absolute atomic E-state index is 0.00904. The number of amides is 2. The Labute approximate surface area is 124 Å². The number of nitrogens with one attached hydrogen (secondary N) is 3. The highest BCUT2D eigenvalue weighted by molar-refractivity contribution is 5.96. The van der Waals surface area contributed by atoms with Crippen molar-refractivity contribution in [3.8, 4) is 0 Å². The minimum Gasteiger partial charge on any atom is -0.326 e. The number of benzene rings is 1. The average Bonchev–Trinajstić information content (AvgIpc) is 3.23. The summed E-state index contributed by atoms with van der Waals surface area (Å²) in [5.74, 6) is 0.659. The Balaban J connectivity index is 1.56. The SMILES string of the molecule is CC1CCNC1C(=O)Nc1ccc(NC(=O)C2CC2)cc1. The van der Waals surface area contributed by atoms with Crippen LogP contribution < -0.4 is 16.0 Å². The van der Waals surface area contributed by atoms with Crippen LogP contribution in [0.3, 0.4) is 0 Å². The van der Waals surface area contributed by atoms with Crippen molar-refractivity contribution in [3.05, 3.63) is 24.3 Å². The van der Waals surface area contributed by atoms with E-state index in [1.807, 2.05) is 24.3 Å². The van der Waals surface area contributed by atoms with Gasteiger partial charge in [-0.3, -0.25) is 9.59 Å². The highest BCUT2D eigenvalue weighted by Crippen LogP contribution is 2.30. The van der Waals surface area contributed by atoms with E-state index in [0.29, 0.717) is 5.92 Å². The molecular formula is C16H21N3O2. The number of hydrogen-bond acceptors (Lipinski definition) is 3. The van der Waals surface area contributed by atoms with E-state index >= 15 is 0 Å². The lowest BCUT2D eigenvalue weighted by molar-refractivity contribution is -0.118. The van der Waals surface area contributed by atoms with E-state index in [1.54, 1.807) is 0 Å². The van der Waals surface area contributed by atoms with Crippen LogP contribution >= 0.6 is 0 Å². The number of carbonyl (C=O) groups is 2. The Morgan fingerprint density at radius 3 is 2.05 bits per heavy atom. The maximum Gasteiger partial charge on any atom is 0.241 e. The predicted octanol–water partition coefficient (Wildman–Crippen LogP) is 1.97. The Hall–Kier alpha value is -1.88. The van der Waals surface area contributed by atoms with Gasteiger partial charge in [-0.05, 0) is 56.0 Å². The van der Waals surface area contributed by atoms with Crippen molar-refractivity contribution in [1.82, 2.24) is 5.32 Å². The number of anilines is 2. The molecule has 2 fully saturated rings. The highest BCUT2D eigenvalue weighted by atomic mass is 16.2. The third-order valence-electron chi connectivity index (χ3n) is 4.18. The van der Waals surface area contributed by atoms with Crippen LogP contribution in [0, 0.1) is 11.8 Å². The first-order chi connectivity index (χ1) is 10.1. The molecule has 21 heavy (non-hydrogen) atoms. The molecule has 2 aliphatic rings. The molecular weight excluding hydrogens is 266 g/mol. The molecule has 0 aromatic heterocycles. The zero-order chi connectivity index (χ0) is 14.8. The molecule has 112 valence electrons. The second-order valence-electron chi connectivity index (χ2n) is 6.03. The second-order valence-corrected chi connectivity index (χ2v) is 6.03. The van der Waals surface area contributed by atoms with Crippen LogP contribution in [0.25, 0.3) is 0 Å². The van der Waals surface area contributed by atoms with Crippen molar-refractivity contribution in [1.29, 1.82) is 0 Å². The fourth-order valence-electron chi connectivity index (χ4n) is 2.63. The minimum atomic E-state index is -0.112. The first kappa shape index (κ1) is 14.1. The first-order valence-electron chi connectivity index (χ1n) is 7.58. The molecule has 3 rings (SSSR count). The highest BCUT2D eigenvalue weighted by Gasteiger charge is 2.30. The van der Waals surface area contributed by atoms with Crippen LogP contribution in [0.1, 0.15) is 26.2 Å². The maximum absolute atomic E-state index is 12.1. The van der Waals surface area contributed by atoms with E-state index in [2.05, 4.69) is 22.9 Å². The van der Waals surface area contributed by atoms with Crippen molar-refractivity contribution in [2.45, 2.75) is 32.2 Å². The Bertz CT molecular complexity index is 537. The molecule has 1 saturated carbocycles. The van der Waals surface area contributed by atoms with Crippen LogP contribution in [0.15, 0.2) is 24.3 Å². The summed E-state index contributed by atoms with van der Waals surface area (Å²) >= 11 is 0. The molecule has 2 atom stereocenters. The standard InChI is InChI=1S/C16H21N3O2/c1-10-8-9-17-14(10)16(21)19-13-6-4-12(5-7-13)18-15(20)11-2-3-11/h4-7,10-11,14,17H,2-3,8-9H2,1H3,(H,18,20)(H,19,21). The van der Waals surface area contributed by atoms with E-state index in [9.17, 15) is 9.59 Å². The van der Waals surface area contributed by atoms with Gasteiger partial charge in [0, 0.05) is 17.3 Å². The Morgan fingerprint density at radius 2 is 1.57 bits per heavy atom. The summed E-state index contributed by atoms with van der Waals surface area (Å²) in [6.45, 7) is 2.98. The van der Waals surface area contributed by atoms with Crippen LogP contribution in [0.2, 0.25) is 0 Å². The summed E-state index contributed by atoms with van der Waals surface area (Å²) in [6, 6.07) is 7.17. The Kier molecular flexibility index (Phi) is 3.92. The molecule has 1 saturated heterocycles. The molecule has 5 heteroatoms. The summed E-state index contributed by atoms with van der Waals surface area (Å²) < 4.78 is 0. The van der Waals surface area contributed by atoms with Crippen LogP contribution in [0.5, 0.6) is 0 Å². The molecule has 1 aliphatic carbocycles. The van der Waals surface area contributed by atoms with E-state index in [4.69, 9.17) is 0 Å². The van der Waals surface area contributed by atoms with Gasteiger partial charge in [0.15, 0.2) is 0 Å². The fraction of sp³-hybridized carbons (Fsp3) is 0.500. The van der Waals surface area contributed by atoms with Gasteiger partial charge in [0.2, 0.25) is 11.8 Å². The third-order valence-corrected chi connectivity index (χ3v) is 4.18. The van der Waals surface area contributed by atoms with E-state index in [1.165, 1.54) is 0 Å². The number of hydrogen-bond donors (Lipinski definition) is 3. The predicted molar refractivity (Wildman–Crippen MR) is 82.0 cm³/mol. The summed E-state index contributed by atoms with van der Waals surface area (Å²) in [4.78, 5) is 23.8. The van der Waals surface area contributed by atoms with Gasteiger partial charge in [0.05, 0.1) is 6.04 Å². The first-order valence-corrected chi connectivity index (χ1v) is 7.58. The number of carbonyl (C=O) groups excluding carboxylic acids is 2. The van der Waals surface area contributed by atoms with Gasteiger partial charge in [0.1, 0.15) is 0 Å². The fourth-order valence-corrected chi connectivity index (χ4v) is 2.63. The summed E-state index contributed by atoms with van der Waals surface area (Å²) in [6.07, 6.45) is 3.02. The monoisotopic (exact) mass is 287 g/mol. The Morgan fingerprint density at radius 1 is 1.00 bits per heavy atom. The lowest BCUT2D eigenvalue weighted by atomic mass is 10.0. The molecule has 0 bridgehead atoms. The van der Waals surface area contributed by atoms with Crippen molar-refractivity contribution in [2.75, 3.05) is 17.2 Å². The molecule has 2 unspecified atom stereocenters. The molecule has 1 aromatic carbocycles. The summed E-state index contributed by atoms with van der Waals surface area (Å²) in [5.41, 5.74) is 1.53. The molecule has 2 amide bonds.